The van der Waals surface area contributed by atoms with Gasteiger partial charge >= 0.3 is 5.97 Å². The average Bonchev–Trinajstić information content (AvgIpc) is 3.61. The van der Waals surface area contributed by atoms with Gasteiger partial charge < -0.3 is 48.6 Å². The second-order valence-corrected chi connectivity index (χ2v) is 10.6. The summed E-state index contributed by atoms with van der Waals surface area (Å²) in [7, 11) is 0. The molecule has 4 atom stereocenters. The highest BCUT2D eigenvalue weighted by atomic mass is 16.4. The molecule has 2 heterocycles. The smallest absolute Gasteiger partial charge is 0.326 e. The van der Waals surface area contributed by atoms with Crippen molar-refractivity contribution in [1.29, 1.82) is 0 Å². The number of hydrogen-bond donors (Lipinski definition) is 8. The number of aromatic nitrogens is 1. The van der Waals surface area contributed by atoms with E-state index in [1.54, 1.807) is 6.20 Å². The van der Waals surface area contributed by atoms with Crippen LogP contribution in [0.3, 0.4) is 0 Å². The molecule has 1 aromatic carbocycles. The number of aromatic amines is 1. The molecular formula is C28H43N9O5. The third-order valence-electron chi connectivity index (χ3n) is 7.42. The molecule has 1 saturated heterocycles. The zero-order valence-corrected chi connectivity index (χ0v) is 23.8. The minimum Gasteiger partial charge on any atom is -0.480 e. The number of para-hydroxylation sites is 1. The van der Waals surface area contributed by atoms with E-state index in [0.29, 0.717) is 38.6 Å². The van der Waals surface area contributed by atoms with Gasteiger partial charge in [0.15, 0.2) is 5.96 Å². The van der Waals surface area contributed by atoms with Crippen LogP contribution in [0.25, 0.3) is 10.9 Å². The molecule has 14 nitrogen and oxygen atoms in total. The highest BCUT2D eigenvalue weighted by Gasteiger charge is 2.38. The predicted molar refractivity (Wildman–Crippen MR) is 159 cm³/mol. The number of aliphatic carboxylic acids is 1. The van der Waals surface area contributed by atoms with Gasteiger partial charge in [-0.15, -0.1) is 0 Å². The number of carboxylic acids is 1. The van der Waals surface area contributed by atoms with Crippen LogP contribution in [0.1, 0.15) is 50.5 Å². The summed E-state index contributed by atoms with van der Waals surface area (Å²) >= 11 is 0. The minimum atomic E-state index is -1.10. The number of likely N-dealkylation sites (tertiary alicyclic amines) is 1. The number of amides is 3. The molecule has 0 bridgehead atoms. The summed E-state index contributed by atoms with van der Waals surface area (Å²) in [5.41, 5.74) is 24.2. The Bertz CT molecular complexity index is 1260. The van der Waals surface area contributed by atoms with Crippen molar-refractivity contribution in [3.05, 3.63) is 36.0 Å². The van der Waals surface area contributed by atoms with Crippen LogP contribution in [0.15, 0.2) is 35.5 Å². The van der Waals surface area contributed by atoms with Crippen molar-refractivity contribution in [3.63, 3.8) is 0 Å². The van der Waals surface area contributed by atoms with E-state index in [4.69, 9.17) is 22.9 Å². The number of unbranched alkanes of at least 4 members (excludes halogenated alkanes) is 1. The number of nitrogens with one attached hydrogen (secondary N) is 3. The number of carboxylic acid groups (broad SMARTS) is 1. The summed E-state index contributed by atoms with van der Waals surface area (Å²) in [5.74, 6) is -2.79. The fourth-order valence-electron chi connectivity index (χ4n) is 5.17. The summed E-state index contributed by atoms with van der Waals surface area (Å²) in [4.78, 5) is 60.5. The fourth-order valence-corrected chi connectivity index (χ4v) is 5.17. The maximum Gasteiger partial charge on any atom is 0.326 e. The van der Waals surface area contributed by atoms with Crippen molar-refractivity contribution in [2.75, 3.05) is 19.6 Å². The number of H-pyrrole nitrogens is 1. The molecule has 1 aromatic heterocycles. The highest BCUT2D eigenvalue weighted by Crippen LogP contribution is 2.21. The Labute approximate surface area is 244 Å². The first-order valence-electron chi connectivity index (χ1n) is 14.3. The highest BCUT2D eigenvalue weighted by molar-refractivity contribution is 5.95. The van der Waals surface area contributed by atoms with Gasteiger partial charge in [-0.05, 0) is 56.7 Å². The largest absolute Gasteiger partial charge is 0.480 e. The van der Waals surface area contributed by atoms with Crippen LogP contribution in [-0.4, -0.2) is 88.4 Å². The maximum absolute atomic E-state index is 13.8. The first kappa shape index (κ1) is 32.3. The lowest BCUT2D eigenvalue weighted by molar-refractivity contribution is -0.149. The molecule has 12 N–H and O–H groups in total. The number of aliphatic imine (C=N–C) groups is 1. The number of benzene rings is 1. The van der Waals surface area contributed by atoms with Gasteiger partial charge in [-0.25, -0.2) is 4.79 Å². The third kappa shape index (κ3) is 8.91. The molecule has 3 amide bonds. The lowest BCUT2D eigenvalue weighted by Gasteiger charge is -2.29. The molecule has 0 spiro atoms. The molecule has 3 rings (SSSR count). The molecular weight excluding hydrogens is 542 g/mol. The number of nitrogens with zero attached hydrogens (tertiary/aromatic N) is 2. The lowest BCUT2D eigenvalue weighted by atomic mass is 10.0. The van der Waals surface area contributed by atoms with E-state index in [0.717, 1.165) is 22.9 Å². The first-order valence-corrected chi connectivity index (χ1v) is 14.3. The molecule has 4 unspecified atom stereocenters. The van der Waals surface area contributed by atoms with E-state index >= 15 is 0 Å². The quantitative estimate of drug-likeness (QED) is 0.0701. The second kappa shape index (κ2) is 15.7. The standard InChI is InChI=1S/C28H43N9O5/c29-12-4-3-8-19(30)24(38)36-22(15-17-16-34-20-9-2-1-7-18(17)20)25(39)35-21(10-5-13-33-28(31)32)26(40)37-14-6-11-23(37)27(41)42/h1-2,7,9,16,19,21-23,34H,3-6,8,10-15,29-30H2,(H,35,39)(H,36,38)(H,41,42)(H4,31,32,33). The minimum absolute atomic E-state index is 0.100. The SMILES string of the molecule is NCCCCC(N)C(=O)NC(Cc1c[nH]c2ccccc12)C(=O)NC(CCCN=C(N)N)C(=O)N1CCCC1C(=O)O. The molecule has 2 aromatic rings. The van der Waals surface area contributed by atoms with Crippen LogP contribution in [-0.2, 0) is 25.6 Å². The third-order valence-corrected chi connectivity index (χ3v) is 7.42. The van der Waals surface area contributed by atoms with Crippen LogP contribution in [0, 0.1) is 0 Å². The van der Waals surface area contributed by atoms with Gasteiger partial charge in [0.1, 0.15) is 18.1 Å². The van der Waals surface area contributed by atoms with E-state index in [1.807, 2.05) is 24.3 Å². The van der Waals surface area contributed by atoms with Crippen molar-refractivity contribution >= 4 is 40.6 Å². The van der Waals surface area contributed by atoms with E-state index in [-0.39, 0.29) is 31.9 Å². The Hall–Kier alpha value is -4.17. The molecule has 0 saturated carbocycles. The average molecular weight is 586 g/mol. The molecule has 230 valence electrons. The van der Waals surface area contributed by atoms with E-state index in [2.05, 4.69) is 20.6 Å². The Morgan fingerprint density at radius 2 is 1.79 bits per heavy atom. The van der Waals surface area contributed by atoms with Crippen LogP contribution in [0.5, 0.6) is 0 Å². The topological polar surface area (TPSA) is 248 Å². The Balaban J connectivity index is 1.83. The summed E-state index contributed by atoms with van der Waals surface area (Å²) in [6, 6.07) is 3.66. The first-order chi connectivity index (χ1) is 20.1. The zero-order chi connectivity index (χ0) is 30.6. The second-order valence-electron chi connectivity index (χ2n) is 10.6. The molecule has 0 radical (unpaired) electrons. The van der Waals surface area contributed by atoms with Gasteiger partial charge in [-0.3, -0.25) is 19.4 Å². The van der Waals surface area contributed by atoms with Crippen molar-refractivity contribution in [2.45, 2.75) is 75.5 Å². The molecule has 14 heteroatoms. The number of fused-ring (bicyclic) bond motifs is 1. The monoisotopic (exact) mass is 585 g/mol. The normalized spacial score (nSPS) is 16.9. The Kier molecular flexibility index (Phi) is 12.1. The molecule has 1 aliphatic heterocycles. The van der Waals surface area contributed by atoms with E-state index in [1.165, 1.54) is 4.90 Å². The number of nitrogens with two attached hydrogens (primary N) is 4. The molecule has 0 aliphatic carbocycles. The van der Waals surface area contributed by atoms with Gasteiger partial charge in [-0.1, -0.05) is 24.6 Å². The molecule has 1 fully saturated rings. The molecule has 42 heavy (non-hydrogen) atoms. The summed E-state index contributed by atoms with van der Waals surface area (Å²) in [6.07, 6.45) is 5.08. The van der Waals surface area contributed by atoms with E-state index in [9.17, 15) is 24.3 Å². The number of rotatable bonds is 16. The lowest BCUT2D eigenvalue weighted by Crippen LogP contribution is -2.57. The van der Waals surface area contributed by atoms with Crippen molar-refractivity contribution in [3.8, 4) is 0 Å². The van der Waals surface area contributed by atoms with Crippen molar-refractivity contribution in [2.24, 2.45) is 27.9 Å². The van der Waals surface area contributed by atoms with Crippen LogP contribution < -0.4 is 33.6 Å². The van der Waals surface area contributed by atoms with Gasteiger partial charge in [-0.2, -0.15) is 0 Å². The number of carbonyl (C=O) groups excluding carboxylic acids is 3. The van der Waals surface area contributed by atoms with Crippen molar-refractivity contribution in [1.82, 2.24) is 20.5 Å². The summed E-state index contributed by atoms with van der Waals surface area (Å²) in [6.45, 7) is 0.971. The van der Waals surface area contributed by atoms with Gasteiger partial charge in [0, 0.05) is 36.6 Å². The number of hydrogen-bond acceptors (Lipinski definition) is 7. The van der Waals surface area contributed by atoms with Gasteiger partial charge in [0.25, 0.3) is 0 Å². The van der Waals surface area contributed by atoms with Gasteiger partial charge in [0.2, 0.25) is 17.7 Å². The summed E-state index contributed by atoms with van der Waals surface area (Å²) < 4.78 is 0. The summed E-state index contributed by atoms with van der Waals surface area (Å²) in [5, 5.41) is 16.1. The maximum atomic E-state index is 13.8. The van der Waals surface area contributed by atoms with Gasteiger partial charge in [0.05, 0.1) is 6.04 Å². The number of guanidine groups is 1. The number of carbonyl (C=O) groups is 4. The van der Waals surface area contributed by atoms with Crippen LogP contribution >= 0.6 is 0 Å². The Morgan fingerprint density at radius 3 is 2.50 bits per heavy atom. The zero-order valence-electron chi connectivity index (χ0n) is 23.8. The fraction of sp³-hybridized carbons (Fsp3) is 0.536. The van der Waals surface area contributed by atoms with Crippen LogP contribution in [0.2, 0.25) is 0 Å². The van der Waals surface area contributed by atoms with Crippen molar-refractivity contribution < 1.29 is 24.3 Å². The van der Waals surface area contributed by atoms with E-state index < -0.39 is 47.9 Å². The predicted octanol–water partition coefficient (Wildman–Crippen LogP) is -0.734. The van der Waals surface area contributed by atoms with Crippen LogP contribution in [0.4, 0.5) is 0 Å². The Morgan fingerprint density at radius 1 is 1.05 bits per heavy atom. The molecule has 1 aliphatic rings.